The summed E-state index contributed by atoms with van der Waals surface area (Å²) in [5, 5.41) is 72.7. The average Bonchev–Trinajstić information content (AvgIpc) is 4.22. The molecule has 11 aromatic rings. The molecule has 456 valence electrons. The van der Waals surface area contributed by atoms with Crippen LogP contribution in [0.1, 0.15) is 104 Å². The number of hydrogen-bond donors (Lipinski definition) is 0. The van der Waals surface area contributed by atoms with Crippen molar-refractivity contribution in [2.75, 3.05) is 0 Å². The van der Waals surface area contributed by atoms with Gasteiger partial charge >= 0.3 is 0 Å². The van der Waals surface area contributed by atoms with Crippen molar-refractivity contribution in [1.82, 2.24) is 125 Å². The lowest BCUT2D eigenvalue weighted by atomic mass is 10.4. The molecule has 0 amide bonds. The molecule has 12 heterocycles. The zero-order chi connectivity index (χ0) is 63.3. The van der Waals surface area contributed by atoms with Crippen LogP contribution < -0.4 is 0 Å². The van der Waals surface area contributed by atoms with E-state index in [9.17, 15) is 0 Å². The lowest BCUT2D eigenvalue weighted by Crippen LogP contribution is -1.91. The number of amidine groups is 1. The number of nitrogens with zero attached hydrogens (tertiary/aromatic N) is 28. The first-order valence-corrected chi connectivity index (χ1v) is 26.4. The molecule has 0 aliphatic carbocycles. The van der Waals surface area contributed by atoms with Gasteiger partial charge in [-0.3, -0.25) is 23.4 Å². The number of azo groups is 1. The smallest absolute Gasteiger partial charge is 0.223 e. The second kappa shape index (κ2) is 39.8. The van der Waals surface area contributed by atoms with Crippen LogP contribution in [-0.2, 0) is 42.3 Å². The highest BCUT2D eigenvalue weighted by Gasteiger charge is 2.01. The molecule has 33 heteroatoms. The molecule has 1 atom stereocenters. The van der Waals surface area contributed by atoms with E-state index in [4.69, 9.17) is 13.5 Å². The van der Waals surface area contributed by atoms with Crippen LogP contribution >= 0.6 is 11.3 Å². The molecular weight excluding hydrogens is 1100 g/mol. The van der Waals surface area contributed by atoms with Crippen LogP contribution in [0.4, 0.5) is 0 Å². The van der Waals surface area contributed by atoms with Crippen molar-refractivity contribution in [3.05, 3.63) is 146 Å². The topological polar surface area (TPSA) is 364 Å². The van der Waals surface area contributed by atoms with Crippen molar-refractivity contribution >= 4 is 17.2 Å². The Labute approximate surface area is 493 Å². The number of aryl methyl sites for hydroxylation is 22. The molecule has 0 saturated heterocycles. The molecular formula is C51H82N28O4S. The maximum absolute atomic E-state index is 4.86. The summed E-state index contributed by atoms with van der Waals surface area (Å²) in [7, 11) is 11.1. The van der Waals surface area contributed by atoms with Gasteiger partial charge in [0.25, 0.3) is 0 Å². The fourth-order valence-electron chi connectivity index (χ4n) is 5.50. The number of hydrogen-bond acceptors (Lipinski definition) is 27. The Bertz CT molecular complexity index is 2570. The molecule has 32 nitrogen and oxygen atoms in total. The summed E-state index contributed by atoms with van der Waals surface area (Å²) >= 11 is 1.62. The summed E-state index contributed by atoms with van der Waals surface area (Å²) in [6, 6.07) is 3.78. The largest absolute Gasteiger partial charge is 0.426 e. The van der Waals surface area contributed by atoms with E-state index in [-0.39, 0.29) is 6.17 Å². The van der Waals surface area contributed by atoms with E-state index >= 15 is 0 Å². The lowest BCUT2D eigenvalue weighted by molar-refractivity contribution is 0.389. The van der Waals surface area contributed by atoms with Crippen LogP contribution in [0, 0.1) is 111 Å². The van der Waals surface area contributed by atoms with E-state index in [1.165, 1.54) is 15.9 Å². The van der Waals surface area contributed by atoms with Gasteiger partial charge in [0, 0.05) is 92.9 Å². The molecule has 0 spiro atoms. The molecule has 1 unspecified atom stereocenters. The Balaban J connectivity index is 0.000000458. The van der Waals surface area contributed by atoms with Gasteiger partial charge in [-0.05, 0) is 120 Å². The first-order valence-electron chi connectivity index (χ1n) is 25.6. The summed E-state index contributed by atoms with van der Waals surface area (Å²) in [5.74, 6) is 6.62. The molecule has 0 N–H and O–H groups in total. The monoisotopic (exact) mass is 1180 g/mol. The van der Waals surface area contributed by atoms with E-state index < -0.39 is 0 Å². The van der Waals surface area contributed by atoms with E-state index in [1.54, 1.807) is 82.7 Å². The Kier molecular flexibility index (Phi) is 34.3. The Morgan fingerprint density at radius 3 is 1.05 bits per heavy atom. The molecule has 12 rings (SSSR count). The van der Waals surface area contributed by atoms with Gasteiger partial charge in [-0.2, -0.15) is 30.2 Å². The van der Waals surface area contributed by atoms with Gasteiger partial charge in [0.2, 0.25) is 17.7 Å². The minimum absolute atomic E-state index is 0.0694. The third kappa shape index (κ3) is 38.2. The zero-order valence-electron chi connectivity index (χ0n) is 52.8. The Morgan fingerprint density at radius 1 is 0.452 bits per heavy atom. The SMILES string of the molecule is CC1=NC(C)N=N1.Cc1cc(C)on1.Cc1cc(C)on1.Cc1cn(C)nn1.Cc1cn(C)nn1.Cc1cnn(C)c1.Cc1cnn(C)c1.Cc1ncn(C)n1.Cc1nnc(C)o1.Cc1nnc(C)s1.Cc1nnn(C)n1.Cc1noc(C)n1. The summed E-state index contributed by atoms with van der Waals surface area (Å²) < 4.78 is 27.5. The van der Waals surface area contributed by atoms with Crippen LogP contribution in [-0.4, -0.2) is 137 Å². The highest BCUT2D eigenvalue weighted by Crippen LogP contribution is 2.04. The van der Waals surface area contributed by atoms with Crippen molar-refractivity contribution in [2.24, 2.45) is 57.5 Å². The highest BCUT2D eigenvalue weighted by molar-refractivity contribution is 7.11. The predicted molar refractivity (Wildman–Crippen MR) is 313 cm³/mol. The zero-order valence-corrected chi connectivity index (χ0v) is 53.7. The summed E-state index contributed by atoms with van der Waals surface area (Å²) in [4.78, 5) is 13.1. The minimum atomic E-state index is 0.0694. The van der Waals surface area contributed by atoms with Crippen molar-refractivity contribution in [3.63, 3.8) is 0 Å². The van der Waals surface area contributed by atoms with Crippen LogP contribution in [0.2, 0.25) is 0 Å². The van der Waals surface area contributed by atoms with Crippen LogP contribution in [0.3, 0.4) is 0 Å². The molecule has 0 saturated carbocycles. The fraction of sp³-hybridized carbons (Fsp3) is 0.490. The van der Waals surface area contributed by atoms with Gasteiger partial charge in [0.05, 0.1) is 42.2 Å². The molecule has 1 aliphatic heterocycles. The predicted octanol–water partition coefficient (Wildman–Crippen LogP) is 7.67. The first-order chi connectivity index (χ1) is 39.5. The third-order valence-electron chi connectivity index (χ3n) is 8.54. The van der Waals surface area contributed by atoms with Crippen LogP contribution in [0.15, 0.2) is 88.8 Å². The third-order valence-corrected chi connectivity index (χ3v) is 9.30. The standard InChI is InChI=1S/2C5H8N2.2C5H7NO.4C4H7N3.2C4H6N2O.C4H6N2S.C3H6N4/c2*1-5-3-6-7(2)4-5;2*1-4-3-5(2)7-6-4;1-4-5-3-7(2)6-4;2*1-4-3-7(2)6-5-4;1-3-5-4(2)7-6-3;1-3-5-6-4(2)7-3;1-3-5-4(2)7-6-3;1-3-5-6-4(2)7-3;1-3-4-6-7(2)5-3/h2*3-4H,1-2H3;6*3H,1-2H3;4*1-2H3. The molecule has 0 aromatic carbocycles. The Morgan fingerprint density at radius 2 is 0.940 bits per heavy atom. The summed E-state index contributed by atoms with van der Waals surface area (Å²) in [6.07, 6.45) is 13.1. The van der Waals surface area contributed by atoms with Crippen LogP contribution in [0.25, 0.3) is 0 Å². The van der Waals surface area contributed by atoms with Crippen molar-refractivity contribution in [1.29, 1.82) is 0 Å². The molecule has 1 aliphatic rings. The van der Waals surface area contributed by atoms with E-state index in [0.29, 0.717) is 29.3 Å². The second-order valence-electron chi connectivity index (χ2n) is 18.0. The quantitative estimate of drug-likeness (QED) is 0.140. The normalized spacial score (nSPS) is 11.0. The molecule has 0 bridgehead atoms. The molecule has 0 fully saturated rings. The first kappa shape index (κ1) is 72.5. The summed E-state index contributed by atoms with van der Waals surface area (Å²) in [5.41, 5.74) is 6.23. The molecule has 0 radical (unpaired) electrons. The van der Waals surface area contributed by atoms with Crippen molar-refractivity contribution in [2.45, 2.75) is 131 Å². The van der Waals surface area contributed by atoms with Gasteiger partial charge in [-0.25, -0.2) is 9.98 Å². The molecule has 11 aromatic heterocycles. The maximum atomic E-state index is 4.86. The van der Waals surface area contributed by atoms with E-state index in [2.05, 4.69) is 117 Å². The molecule has 84 heavy (non-hydrogen) atoms. The number of aromatic nitrogens is 25. The Hall–Kier alpha value is -9.56. The number of rotatable bonds is 0. The van der Waals surface area contributed by atoms with E-state index in [1.807, 2.05) is 175 Å². The van der Waals surface area contributed by atoms with Gasteiger partial charge in [-0.1, -0.05) is 25.9 Å². The van der Waals surface area contributed by atoms with Crippen molar-refractivity contribution in [3.8, 4) is 0 Å². The van der Waals surface area contributed by atoms with Gasteiger partial charge in [0.15, 0.2) is 17.8 Å². The van der Waals surface area contributed by atoms with Crippen molar-refractivity contribution < 1.29 is 18.0 Å². The fourth-order valence-corrected chi connectivity index (χ4v) is 6.09. The number of tetrazole rings is 1. The maximum Gasteiger partial charge on any atom is 0.223 e. The highest BCUT2D eigenvalue weighted by atomic mass is 32.1. The summed E-state index contributed by atoms with van der Waals surface area (Å²) in [6.45, 7) is 33.8. The minimum Gasteiger partial charge on any atom is -0.426 e. The van der Waals surface area contributed by atoms with Crippen LogP contribution in [0.5, 0.6) is 0 Å². The van der Waals surface area contributed by atoms with Gasteiger partial charge < -0.3 is 18.0 Å². The van der Waals surface area contributed by atoms with Gasteiger partial charge in [0.1, 0.15) is 39.5 Å². The second-order valence-corrected chi connectivity index (χ2v) is 19.3. The lowest BCUT2D eigenvalue weighted by Gasteiger charge is -1.82. The number of aliphatic imine (C=N–C) groups is 1. The van der Waals surface area contributed by atoms with Gasteiger partial charge in [-0.15, -0.1) is 57.2 Å². The average molecular weight is 1180 g/mol. The van der Waals surface area contributed by atoms with E-state index in [0.717, 1.165) is 56.0 Å².